The molecule has 0 aromatic carbocycles. The van der Waals surface area contributed by atoms with Gasteiger partial charge in [-0.15, -0.1) is 11.3 Å². The molecule has 0 radical (unpaired) electrons. The van der Waals surface area contributed by atoms with Gasteiger partial charge in [0.15, 0.2) is 0 Å². The minimum atomic E-state index is -0.279. The number of carbonyl (C=O) groups is 1. The second-order valence-corrected chi connectivity index (χ2v) is 4.13. The van der Waals surface area contributed by atoms with Gasteiger partial charge in [-0.25, -0.2) is 9.97 Å². The molecule has 84 valence electrons. The average Bonchev–Trinajstić information content (AvgIpc) is 2.92. The van der Waals surface area contributed by atoms with E-state index < -0.39 is 0 Å². The third-order valence-corrected chi connectivity index (χ3v) is 2.90. The maximum absolute atomic E-state index is 11.1. The Morgan fingerprint density at radius 2 is 2.38 bits per heavy atom. The molecule has 2 rings (SSSR count). The Bertz CT molecular complexity index is 464. The minimum Gasteiger partial charge on any atom is -0.468 e. The number of nitrogens with zero attached hydrogens (tertiary/aromatic N) is 3. The van der Waals surface area contributed by atoms with Crippen LogP contribution < -0.4 is 0 Å². The summed E-state index contributed by atoms with van der Waals surface area (Å²) in [6.45, 7) is 0.192. The summed E-state index contributed by atoms with van der Waals surface area (Å²) in [6, 6.07) is 0. The van der Waals surface area contributed by atoms with Crippen molar-refractivity contribution in [2.24, 2.45) is 0 Å². The van der Waals surface area contributed by atoms with E-state index in [-0.39, 0.29) is 12.5 Å². The summed E-state index contributed by atoms with van der Waals surface area (Å²) >= 11 is 1.57. The molecule has 0 N–H and O–H groups in total. The Labute approximate surface area is 96.7 Å². The quantitative estimate of drug-likeness (QED) is 0.747. The molecule has 2 aromatic heterocycles. The van der Waals surface area contributed by atoms with Crippen LogP contribution in [0.4, 0.5) is 0 Å². The van der Waals surface area contributed by atoms with Crippen LogP contribution >= 0.6 is 11.3 Å². The molecule has 0 saturated carbocycles. The molecule has 6 heteroatoms. The highest BCUT2D eigenvalue weighted by Crippen LogP contribution is 2.10. The van der Waals surface area contributed by atoms with E-state index in [1.54, 1.807) is 34.5 Å². The van der Waals surface area contributed by atoms with Crippen molar-refractivity contribution in [3.63, 3.8) is 0 Å². The zero-order valence-corrected chi connectivity index (χ0v) is 9.61. The Morgan fingerprint density at radius 3 is 3.06 bits per heavy atom. The van der Waals surface area contributed by atoms with Gasteiger partial charge >= 0.3 is 5.97 Å². The largest absolute Gasteiger partial charge is 0.468 e. The van der Waals surface area contributed by atoms with E-state index in [0.717, 1.165) is 10.8 Å². The number of thiazole rings is 1. The smallest absolute Gasteiger partial charge is 0.325 e. The first-order chi connectivity index (χ1) is 7.79. The molecule has 2 heterocycles. The first-order valence-corrected chi connectivity index (χ1v) is 5.62. The van der Waals surface area contributed by atoms with E-state index in [2.05, 4.69) is 14.7 Å². The molecular weight excluding hydrogens is 226 g/mol. The highest BCUT2D eigenvalue weighted by molar-refractivity contribution is 7.09. The monoisotopic (exact) mass is 237 g/mol. The van der Waals surface area contributed by atoms with E-state index in [4.69, 9.17) is 0 Å². The number of hydrogen-bond donors (Lipinski definition) is 0. The van der Waals surface area contributed by atoms with E-state index in [0.29, 0.717) is 6.42 Å². The molecule has 0 saturated heterocycles. The van der Waals surface area contributed by atoms with Crippen molar-refractivity contribution in [3.05, 3.63) is 34.8 Å². The molecular formula is C10H11N3O2S. The second kappa shape index (κ2) is 4.89. The van der Waals surface area contributed by atoms with E-state index in [1.165, 1.54) is 7.11 Å². The Balaban J connectivity index is 2.10. The standard InChI is InChI=1S/C10H11N3O2S/c1-15-10(14)7-13-4-2-11-8(13)6-9-12-3-5-16-9/h2-5H,6-7H2,1H3. The van der Waals surface area contributed by atoms with Gasteiger partial charge in [-0.3, -0.25) is 4.79 Å². The van der Waals surface area contributed by atoms with Crippen molar-refractivity contribution in [3.8, 4) is 0 Å². The normalized spacial score (nSPS) is 10.3. The van der Waals surface area contributed by atoms with Gasteiger partial charge in [0, 0.05) is 24.0 Å². The van der Waals surface area contributed by atoms with Crippen LogP contribution in [-0.4, -0.2) is 27.6 Å². The van der Waals surface area contributed by atoms with Crippen LogP contribution in [0.5, 0.6) is 0 Å². The molecule has 0 aliphatic carbocycles. The van der Waals surface area contributed by atoms with Crippen LogP contribution in [0.2, 0.25) is 0 Å². The Kier molecular flexibility index (Phi) is 3.31. The predicted molar refractivity (Wildman–Crippen MR) is 59.2 cm³/mol. The summed E-state index contributed by atoms with van der Waals surface area (Å²) in [5, 5.41) is 2.90. The maximum Gasteiger partial charge on any atom is 0.325 e. The lowest BCUT2D eigenvalue weighted by Crippen LogP contribution is -2.13. The summed E-state index contributed by atoms with van der Waals surface area (Å²) in [6.07, 6.45) is 5.83. The number of ether oxygens (including phenoxy) is 1. The number of carbonyl (C=O) groups excluding carboxylic acids is 1. The van der Waals surface area contributed by atoms with Crippen molar-refractivity contribution in [2.45, 2.75) is 13.0 Å². The van der Waals surface area contributed by atoms with Crippen LogP contribution in [0.15, 0.2) is 24.0 Å². The first-order valence-electron chi connectivity index (χ1n) is 4.75. The number of rotatable bonds is 4. The zero-order chi connectivity index (χ0) is 11.4. The molecule has 0 bridgehead atoms. The van der Waals surface area contributed by atoms with Gasteiger partial charge in [-0.1, -0.05) is 0 Å². The fourth-order valence-corrected chi connectivity index (χ4v) is 1.94. The minimum absolute atomic E-state index is 0.192. The molecule has 0 spiro atoms. The molecule has 0 fully saturated rings. The zero-order valence-electron chi connectivity index (χ0n) is 8.79. The highest BCUT2D eigenvalue weighted by atomic mass is 32.1. The molecule has 0 unspecified atom stereocenters. The molecule has 0 aliphatic heterocycles. The van der Waals surface area contributed by atoms with Crippen LogP contribution in [0.3, 0.4) is 0 Å². The number of imidazole rings is 1. The number of esters is 1. The van der Waals surface area contributed by atoms with Crippen LogP contribution in [0, 0.1) is 0 Å². The fraction of sp³-hybridized carbons (Fsp3) is 0.300. The first kappa shape index (κ1) is 10.8. The van der Waals surface area contributed by atoms with Gasteiger partial charge in [-0.05, 0) is 0 Å². The molecule has 5 nitrogen and oxygen atoms in total. The van der Waals surface area contributed by atoms with Crippen molar-refractivity contribution in [1.82, 2.24) is 14.5 Å². The van der Waals surface area contributed by atoms with E-state index in [9.17, 15) is 4.79 Å². The van der Waals surface area contributed by atoms with E-state index >= 15 is 0 Å². The molecule has 16 heavy (non-hydrogen) atoms. The highest BCUT2D eigenvalue weighted by Gasteiger charge is 2.09. The second-order valence-electron chi connectivity index (χ2n) is 3.15. The molecule has 0 amide bonds. The summed E-state index contributed by atoms with van der Waals surface area (Å²) < 4.78 is 6.38. The van der Waals surface area contributed by atoms with Crippen LogP contribution in [-0.2, 0) is 22.5 Å². The predicted octanol–water partition coefficient (Wildman–Crippen LogP) is 1.10. The van der Waals surface area contributed by atoms with Crippen LogP contribution in [0.1, 0.15) is 10.8 Å². The van der Waals surface area contributed by atoms with Crippen molar-refractivity contribution in [1.29, 1.82) is 0 Å². The van der Waals surface area contributed by atoms with Gasteiger partial charge < -0.3 is 9.30 Å². The lowest BCUT2D eigenvalue weighted by molar-refractivity contribution is -0.141. The Morgan fingerprint density at radius 1 is 1.50 bits per heavy atom. The van der Waals surface area contributed by atoms with Crippen molar-refractivity contribution in [2.75, 3.05) is 7.11 Å². The van der Waals surface area contributed by atoms with Crippen molar-refractivity contribution < 1.29 is 9.53 Å². The van der Waals surface area contributed by atoms with Gasteiger partial charge in [0.05, 0.1) is 18.5 Å². The summed E-state index contributed by atoms with van der Waals surface area (Å²) in [7, 11) is 1.37. The fourth-order valence-electron chi connectivity index (χ4n) is 1.33. The average molecular weight is 237 g/mol. The van der Waals surface area contributed by atoms with Gasteiger partial charge in [0.25, 0.3) is 0 Å². The topological polar surface area (TPSA) is 57.0 Å². The SMILES string of the molecule is COC(=O)Cn1ccnc1Cc1nccs1. The third kappa shape index (κ3) is 2.46. The van der Waals surface area contributed by atoms with Gasteiger partial charge in [0.2, 0.25) is 0 Å². The van der Waals surface area contributed by atoms with Crippen molar-refractivity contribution >= 4 is 17.3 Å². The number of aromatic nitrogens is 3. The lowest BCUT2D eigenvalue weighted by Gasteiger charge is -2.04. The maximum atomic E-state index is 11.1. The lowest BCUT2D eigenvalue weighted by atomic mass is 10.4. The molecule has 0 aliphatic rings. The number of methoxy groups -OCH3 is 1. The van der Waals surface area contributed by atoms with Crippen LogP contribution in [0.25, 0.3) is 0 Å². The molecule has 2 aromatic rings. The van der Waals surface area contributed by atoms with E-state index in [1.807, 2.05) is 5.38 Å². The number of hydrogen-bond acceptors (Lipinski definition) is 5. The Hall–Kier alpha value is -1.69. The summed E-state index contributed by atoms with van der Waals surface area (Å²) in [5.41, 5.74) is 0. The third-order valence-electron chi connectivity index (χ3n) is 2.12. The molecule has 0 atom stereocenters. The summed E-state index contributed by atoms with van der Waals surface area (Å²) in [5.74, 6) is 0.540. The van der Waals surface area contributed by atoms with Gasteiger partial charge in [-0.2, -0.15) is 0 Å². The van der Waals surface area contributed by atoms with Gasteiger partial charge in [0.1, 0.15) is 12.4 Å². The summed E-state index contributed by atoms with van der Waals surface area (Å²) in [4.78, 5) is 19.5.